The molecule has 3 heteroatoms. The summed E-state index contributed by atoms with van der Waals surface area (Å²) in [7, 11) is 0. The fourth-order valence-electron chi connectivity index (χ4n) is 4.46. The maximum atomic E-state index is 6.45. The molecule has 0 radical (unpaired) electrons. The van der Waals surface area contributed by atoms with Crippen LogP contribution in [-0.4, -0.2) is 54.6 Å². The molecule has 0 aromatic rings. The molecule has 110 valence electrons. The largest absolute Gasteiger partial charge is 0.327 e. The third-order valence-electron chi connectivity index (χ3n) is 5.97. The summed E-state index contributed by atoms with van der Waals surface area (Å²) in [4.78, 5) is 5.41. The van der Waals surface area contributed by atoms with Gasteiger partial charge in [0.2, 0.25) is 0 Å². The molecule has 0 aromatic heterocycles. The molecule has 2 aliphatic heterocycles. The zero-order valence-corrected chi connectivity index (χ0v) is 12.8. The summed E-state index contributed by atoms with van der Waals surface area (Å²) in [6.45, 7) is 11.2. The van der Waals surface area contributed by atoms with Crippen LogP contribution in [0.3, 0.4) is 0 Å². The van der Waals surface area contributed by atoms with Gasteiger partial charge in [0.05, 0.1) is 0 Å². The Morgan fingerprint density at radius 1 is 1.11 bits per heavy atom. The van der Waals surface area contributed by atoms with Gasteiger partial charge in [-0.25, -0.2) is 0 Å². The third kappa shape index (κ3) is 2.84. The van der Waals surface area contributed by atoms with E-state index in [-0.39, 0.29) is 0 Å². The molecule has 0 aromatic carbocycles. The molecule has 3 fully saturated rings. The molecule has 2 heterocycles. The van der Waals surface area contributed by atoms with Crippen LogP contribution in [0.1, 0.15) is 46.0 Å². The molecule has 3 atom stereocenters. The predicted molar refractivity (Wildman–Crippen MR) is 80.1 cm³/mol. The zero-order chi connectivity index (χ0) is 13.5. The molecular weight excluding hydrogens is 234 g/mol. The van der Waals surface area contributed by atoms with Gasteiger partial charge in [-0.05, 0) is 63.1 Å². The molecule has 19 heavy (non-hydrogen) atoms. The van der Waals surface area contributed by atoms with Crippen LogP contribution in [-0.2, 0) is 0 Å². The molecule has 2 N–H and O–H groups in total. The monoisotopic (exact) mass is 265 g/mol. The Hall–Kier alpha value is -0.120. The van der Waals surface area contributed by atoms with E-state index in [1.807, 2.05) is 0 Å². The molecule has 3 rings (SSSR count). The fourth-order valence-corrected chi connectivity index (χ4v) is 4.46. The van der Waals surface area contributed by atoms with Crippen molar-refractivity contribution in [2.24, 2.45) is 17.1 Å². The molecule has 1 aliphatic carbocycles. The standard InChI is InChI=1S/C16H31N3/c1-16(2)7-5-13(15(16)17)11-18-10-6-14(12-18)19-8-3-4-9-19/h13-15H,3-12,17H2,1-2H3. The van der Waals surface area contributed by atoms with Gasteiger partial charge in [-0.15, -0.1) is 0 Å². The van der Waals surface area contributed by atoms with Gasteiger partial charge in [0.25, 0.3) is 0 Å². The van der Waals surface area contributed by atoms with Gasteiger partial charge in [-0.3, -0.25) is 4.90 Å². The van der Waals surface area contributed by atoms with Crippen molar-refractivity contribution in [1.82, 2.24) is 9.80 Å². The van der Waals surface area contributed by atoms with Crippen molar-refractivity contribution in [2.45, 2.75) is 58.0 Å². The van der Waals surface area contributed by atoms with E-state index in [4.69, 9.17) is 5.73 Å². The summed E-state index contributed by atoms with van der Waals surface area (Å²) in [5.74, 6) is 0.729. The first kappa shape index (κ1) is 13.8. The van der Waals surface area contributed by atoms with Gasteiger partial charge in [0.15, 0.2) is 0 Å². The summed E-state index contributed by atoms with van der Waals surface area (Å²) in [6, 6.07) is 1.24. The second kappa shape index (κ2) is 5.34. The highest BCUT2D eigenvalue weighted by molar-refractivity contribution is 4.96. The minimum Gasteiger partial charge on any atom is -0.327 e. The summed E-state index contributed by atoms with van der Waals surface area (Å²) in [5, 5.41) is 0. The lowest BCUT2D eigenvalue weighted by Crippen LogP contribution is -2.42. The second-order valence-electron chi connectivity index (χ2n) is 7.76. The highest BCUT2D eigenvalue weighted by Gasteiger charge is 2.41. The molecule has 3 unspecified atom stereocenters. The topological polar surface area (TPSA) is 32.5 Å². The second-order valence-corrected chi connectivity index (χ2v) is 7.76. The van der Waals surface area contributed by atoms with Crippen LogP contribution in [0, 0.1) is 11.3 Å². The predicted octanol–water partition coefficient (Wildman–Crippen LogP) is 1.92. The summed E-state index contributed by atoms with van der Waals surface area (Å²) in [6.07, 6.45) is 6.85. The summed E-state index contributed by atoms with van der Waals surface area (Å²) in [5.41, 5.74) is 6.81. The lowest BCUT2D eigenvalue weighted by Gasteiger charge is -2.30. The third-order valence-corrected chi connectivity index (χ3v) is 5.97. The number of hydrogen-bond acceptors (Lipinski definition) is 3. The van der Waals surface area contributed by atoms with Gasteiger partial charge >= 0.3 is 0 Å². The lowest BCUT2D eigenvalue weighted by atomic mass is 9.85. The van der Waals surface area contributed by atoms with Crippen LogP contribution in [0.4, 0.5) is 0 Å². The first-order chi connectivity index (χ1) is 9.06. The first-order valence-corrected chi connectivity index (χ1v) is 8.28. The van der Waals surface area contributed by atoms with Gasteiger partial charge in [0, 0.05) is 25.2 Å². The fraction of sp³-hybridized carbons (Fsp3) is 1.00. The molecule has 0 bridgehead atoms. The van der Waals surface area contributed by atoms with E-state index in [0.29, 0.717) is 11.5 Å². The van der Waals surface area contributed by atoms with Crippen LogP contribution in [0.2, 0.25) is 0 Å². The van der Waals surface area contributed by atoms with Gasteiger partial charge in [-0.1, -0.05) is 13.8 Å². The van der Waals surface area contributed by atoms with Gasteiger partial charge in [-0.2, -0.15) is 0 Å². The number of nitrogens with zero attached hydrogens (tertiary/aromatic N) is 2. The first-order valence-electron chi connectivity index (χ1n) is 8.28. The van der Waals surface area contributed by atoms with Crippen molar-refractivity contribution in [3.05, 3.63) is 0 Å². The minimum absolute atomic E-state index is 0.360. The Labute approximate surface area is 118 Å². The van der Waals surface area contributed by atoms with E-state index < -0.39 is 0 Å². The molecule has 3 aliphatic rings. The summed E-state index contributed by atoms with van der Waals surface area (Å²) >= 11 is 0. The molecule has 1 saturated carbocycles. The van der Waals surface area contributed by atoms with Crippen molar-refractivity contribution < 1.29 is 0 Å². The van der Waals surface area contributed by atoms with Crippen molar-refractivity contribution in [2.75, 3.05) is 32.7 Å². The Morgan fingerprint density at radius 2 is 1.84 bits per heavy atom. The summed E-state index contributed by atoms with van der Waals surface area (Å²) < 4.78 is 0. The van der Waals surface area contributed by atoms with Gasteiger partial charge in [0.1, 0.15) is 0 Å². The van der Waals surface area contributed by atoms with Crippen molar-refractivity contribution in [1.29, 1.82) is 0 Å². The maximum Gasteiger partial charge on any atom is 0.0235 e. The zero-order valence-electron chi connectivity index (χ0n) is 12.8. The van der Waals surface area contributed by atoms with Crippen molar-refractivity contribution in [3.8, 4) is 0 Å². The number of rotatable bonds is 3. The highest BCUT2D eigenvalue weighted by atomic mass is 15.3. The Morgan fingerprint density at radius 3 is 2.47 bits per heavy atom. The number of hydrogen-bond donors (Lipinski definition) is 1. The minimum atomic E-state index is 0.360. The van der Waals surface area contributed by atoms with Crippen LogP contribution in [0.15, 0.2) is 0 Å². The molecule has 3 nitrogen and oxygen atoms in total. The Bertz CT molecular complexity index is 309. The molecule has 2 saturated heterocycles. The number of nitrogens with two attached hydrogens (primary N) is 1. The van der Waals surface area contributed by atoms with Crippen molar-refractivity contribution in [3.63, 3.8) is 0 Å². The highest BCUT2D eigenvalue weighted by Crippen LogP contribution is 2.40. The average molecular weight is 265 g/mol. The van der Waals surface area contributed by atoms with Crippen LogP contribution in [0.5, 0.6) is 0 Å². The van der Waals surface area contributed by atoms with Gasteiger partial charge < -0.3 is 10.6 Å². The average Bonchev–Trinajstić information content (AvgIpc) is 3.07. The van der Waals surface area contributed by atoms with Crippen molar-refractivity contribution >= 4 is 0 Å². The van der Waals surface area contributed by atoms with E-state index in [0.717, 1.165) is 12.0 Å². The van der Waals surface area contributed by atoms with E-state index in [1.54, 1.807) is 0 Å². The van der Waals surface area contributed by atoms with E-state index in [2.05, 4.69) is 23.6 Å². The van der Waals surface area contributed by atoms with Crippen LogP contribution >= 0.6 is 0 Å². The smallest absolute Gasteiger partial charge is 0.0235 e. The van der Waals surface area contributed by atoms with Crippen LogP contribution in [0.25, 0.3) is 0 Å². The normalized spacial score (nSPS) is 40.3. The van der Waals surface area contributed by atoms with E-state index >= 15 is 0 Å². The van der Waals surface area contributed by atoms with Crippen LogP contribution < -0.4 is 5.73 Å². The molecule has 0 spiro atoms. The quantitative estimate of drug-likeness (QED) is 0.846. The molecule has 0 amide bonds. The number of likely N-dealkylation sites (tertiary alicyclic amines) is 2. The van der Waals surface area contributed by atoms with E-state index in [1.165, 1.54) is 64.8 Å². The SMILES string of the molecule is CC1(C)CCC(CN2CCC(N3CCCC3)C2)C1N. The maximum absolute atomic E-state index is 6.45. The van der Waals surface area contributed by atoms with E-state index in [9.17, 15) is 0 Å². The lowest BCUT2D eigenvalue weighted by molar-refractivity contribution is 0.204. The Kier molecular flexibility index (Phi) is 3.89. The molecular formula is C16H31N3. The Balaban J connectivity index is 1.49.